The summed E-state index contributed by atoms with van der Waals surface area (Å²) in [4.78, 5) is 0. The van der Waals surface area contributed by atoms with E-state index < -0.39 is 12.0 Å². The average molecular weight is 139 g/mol. The monoisotopic (exact) mass is 139 g/mol. The van der Waals surface area contributed by atoms with Gasteiger partial charge in [0.2, 0.25) is 0 Å². The lowest BCUT2D eigenvalue weighted by Crippen LogP contribution is -2.37. The molecular formula is C5H11F2NO. The third kappa shape index (κ3) is 3.37. The van der Waals surface area contributed by atoms with Crippen LogP contribution in [-0.4, -0.2) is 30.7 Å². The van der Waals surface area contributed by atoms with Crippen molar-refractivity contribution in [3.05, 3.63) is 0 Å². The van der Waals surface area contributed by atoms with Gasteiger partial charge >= 0.3 is 0 Å². The van der Waals surface area contributed by atoms with E-state index in [0.29, 0.717) is 6.92 Å². The zero-order valence-corrected chi connectivity index (χ0v) is 5.49. The smallest absolute Gasteiger partial charge is 0.271 e. The van der Waals surface area contributed by atoms with Gasteiger partial charge in [-0.2, -0.15) is 0 Å². The molecule has 0 heterocycles. The highest BCUT2D eigenvalue weighted by Crippen LogP contribution is 2.15. The van der Waals surface area contributed by atoms with Crippen LogP contribution in [0.3, 0.4) is 0 Å². The molecule has 0 rings (SSSR count). The number of aliphatic hydroxyl groups is 1. The van der Waals surface area contributed by atoms with Crippen molar-refractivity contribution < 1.29 is 13.9 Å². The number of nitrogens with one attached hydrogen (secondary N) is 1. The van der Waals surface area contributed by atoms with Gasteiger partial charge in [-0.3, -0.25) is 0 Å². The Balaban J connectivity index is 3.59. The highest BCUT2D eigenvalue weighted by atomic mass is 19.3. The Bertz CT molecular complexity index is 81.5. The molecule has 0 saturated heterocycles. The minimum absolute atomic E-state index is 0.0799. The number of hydrogen-bond donors (Lipinski definition) is 2. The van der Waals surface area contributed by atoms with Crippen LogP contribution in [0.5, 0.6) is 0 Å². The second-order valence-corrected chi connectivity index (χ2v) is 2.03. The van der Waals surface area contributed by atoms with E-state index in [1.54, 1.807) is 0 Å². The number of aliphatic hydroxyl groups excluding tert-OH is 1. The van der Waals surface area contributed by atoms with Crippen LogP contribution < -0.4 is 5.32 Å². The molecule has 9 heavy (non-hydrogen) atoms. The van der Waals surface area contributed by atoms with Crippen LogP contribution >= 0.6 is 0 Å². The molecule has 1 atom stereocenters. The Labute approximate surface area is 52.9 Å². The van der Waals surface area contributed by atoms with Crippen molar-refractivity contribution >= 4 is 0 Å². The van der Waals surface area contributed by atoms with Gasteiger partial charge in [-0.15, -0.1) is 0 Å². The molecule has 2 nitrogen and oxygen atoms in total. The van der Waals surface area contributed by atoms with Gasteiger partial charge in [0.05, 0.1) is 0 Å². The first kappa shape index (κ1) is 8.78. The molecule has 0 radical (unpaired) electrons. The summed E-state index contributed by atoms with van der Waals surface area (Å²) in [5.74, 6) is -3.00. The summed E-state index contributed by atoms with van der Waals surface area (Å²) >= 11 is 0. The van der Waals surface area contributed by atoms with E-state index in [4.69, 9.17) is 5.11 Å². The fourth-order valence-corrected chi connectivity index (χ4v) is 0.373. The maximum Gasteiger partial charge on any atom is 0.271 e. The Hall–Kier alpha value is -0.220. The van der Waals surface area contributed by atoms with E-state index in [-0.39, 0.29) is 6.54 Å². The average Bonchev–Trinajstić information content (AvgIpc) is 1.64. The van der Waals surface area contributed by atoms with Crippen LogP contribution in [0, 0.1) is 0 Å². The first-order valence-corrected chi connectivity index (χ1v) is 2.69. The highest BCUT2D eigenvalue weighted by Gasteiger charge is 2.31. The van der Waals surface area contributed by atoms with E-state index in [9.17, 15) is 8.78 Å². The van der Waals surface area contributed by atoms with Crippen LogP contribution in [0.1, 0.15) is 6.92 Å². The first-order valence-electron chi connectivity index (χ1n) is 2.69. The Kier molecular flexibility index (Phi) is 3.00. The standard InChI is InChI=1S/C5H11F2NO/c1-5(6,7)4(9)3-8-2/h4,8-9H,3H2,1-2H3. The number of likely N-dealkylation sites (N-methyl/N-ethyl adjacent to an activating group) is 1. The SMILES string of the molecule is CNCC(O)C(C)(F)F. The van der Waals surface area contributed by atoms with E-state index >= 15 is 0 Å². The third-order valence-corrected chi connectivity index (χ3v) is 0.983. The first-order chi connectivity index (χ1) is 3.98. The van der Waals surface area contributed by atoms with Crippen molar-refractivity contribution in [2.45, 2.75) is 19.0 Å². The summed E-state index contributed by atoms with van der Waals surface area (Å²) in [5, 5.41) is 11.0. The lowest BCUT2D eigenvalue weighted by molar-refractivity contribution is -0.0904. The molecule has 0 aliphatic rings. The van der Waals surface area contributed by atoms with Crippen molar-refractivity contribution in [3.63, 3.8) is 0 Å². The van der Waals surface area contributed by atoms with Gasteiger partial charge < -0.3 is 10.4 Å². The van der Waals surface area contributed by atoms with Gasteiger partial charge in [0.15, 0.2) is 0 Å². The van der Waals surface area contributed by atoms with E-state index in [0.717, 1.165) is 0 Å². The van der Waals surface area contributed by atoms with Gasteiger partial charge in [-0.05, 0) is 7.05 Å². The molecule has 0 aromatic rings. The molecule has 1 unspecified atom stereocenters. The summed E-state index contributed by atoms with van der Waals surface area (Å²) in [5.41, 5.74) is 0. The minimum atomic E-state index is -3.00. The quantitative estimate of drug-likeness (QED) is 0.586. The Morgan fingerprint density at radius 3 is 2.22 bits per heavy atom. The lowest BCUT2D eigenvalue weighted by atomic mass is 10.2. The summed E-state index contributed by atoms with van der Waals surface area (Å²) < 4.78 is 24.0. The molecule has 0 aromatic carbocycles. The molecule has 0 bridgehead atoms. The van der Waals surface area contributed by atoms with Gasteiger partial charge in [0.25, 0.3) is 5.92 Å². The predicted molar refractivity (Wildman–Crippen MR) is 30.6 cm³/mol. The lowest BCUT2D eigenvalue weighted by Gasteiger charge is -2.16. The number of halogens is 2. The normalized spacial score (nSPS) is 15.7. The zero-order chi connectivity index (χ0) is 7.49. The largest absolute Gasteiger partial charge is 0.386 e. The zero-order valence-electron chi connectivity index (χ0n) is 5.49. The van der Waals surface area contributed by atoms with Crippen molar-refractivity contribution in [1.82, 2.24) is 5.32 Å². The van der Waals surface area contributed by atoms with Gasteiger partial charge in [-0.1, -0.05) is 0 Å². The fraction of sp³-hybridized carbons (Fsp3) is 1.00. The van der Waals surface area contributed by atoms with E-state index in [1.165, 1.54) is 7.05 Å². The van der Waals surface area contributed by atoms with Crippen molar-refractivity contribution in [2.24, 2.45) is 0 Å². The topological polar surface area (TPSA) is 32.3 Å². The van der Waals surface area contributed by atoms with E-state index in [1.807, 2.05) is 0 Å². The summed E-state index contributed by atoms with van der Waals surface area (Å²) in [6.45, 7) is 0.610. The van der Waals surface area contributed by atoms with Crippen LogP contribution in [0.25, 0.3) is 0 Å². The molecule has 0 aliphatic heterocycles. The van der Waals surface area contributed by atoms with Crippen LogP contribution in [0.2, 0.25) is 0 Å². The summed E-state index contributed by atoms with van der Waals surface area (Å²) in [6, 6.07) is 0. The molecule has 4 heteroatoms. The van der Waals surface area contributed by atoms with Crippen molar-refractivity contribution in [2.75, 3.05) is 13.6 Å². The summed E-state index contributed by atoms with van der Waals surface area (Å²) in [7, 11) is 1.51. The van der Waals surface area contributed by atoms with Crippen molar-refractivity contribution in [1.29, 1.82) is 0 Å². The maximum atomic E-state index is 12.0. The maximum absolute atomic E-state index is 12.0. The molecule has 0 spiro atoms. The second-order valence-electron chi connectivity index (χ2n) is 2.03. The molecular weight excluding hydrogens is 128 g/mol. The van der Waals surface area contributed by atoms with Crippen LogP contribution in [0.15, 0.2) is 0 Å². The molecule has 0 aromatic heterocycles. The van der Waals surface area contributed by atoms with Crippen LogP contribution in [0.4, 0.5) is 8.78 Å². The fourth-order valence-electron chi connectivity index (χ4n) is 0.373. The second kappa shape index (κ2) is 3.08. The van der Waals surface area contributed by atoms with E-state index in [2.05, 4.69) is 5.32 Å². The molecule has 56 valence electrons. The number of rotatable bonds is 3. The predicted octanol–water partition coefficient (Wildman–Crippen LogP) is 0.222. The number of alkyl halides is 2. The molecule has 0 amide bonds. The molecule has 0 aliphatic carbocycles. The van der Waals surface area contributed by atoms with Gasteiger partial charge in [0.1, 0.15) is 6.10 Å². The Morgan fingerprint density at radius 1 is 1.67 bits per heavy atom. The molecule has 2 N–H and O–H groups in total. The minimum Gasteiger partial charge on any atom is -0.386 e. The Morgan fingerprint density at radius 2 is 2.11 bits per heavy atom. The van der Waals surface area contributed by atoms with Crippen molar-refractivity contribution in [3.8, 4) is 0 Å². The van der Waals surface area contributed by atoms with Gasteiger partial charge in [-0.25, -0.2) is 8.78 Å². The summed E-state index contributed by atoms with van der Waals surface area (Å²) in [6.07, 6.45) is -1.58. The van der Waals surface area contributed by atoms with Gasteiger partial charge in [0, 0.05) is 13.5 Å². The molecule has 0 saturated carbocycles. The third-order valence-electron chi connectivity index (χ3n) is 0.983. The molecule has 0 fully saturated rings. The number of hydrogen-bond acceptors (Lipinski definition) is 2. The highest BCUT2D eigenvalue weighted by molar-refractivity contribution is 4.71. The van der Waals surface area contributed by atoms with Crippen LogP contribution in [-0.2, 0) is 0 Å².